The molecule has 4 aliphatic rings. The van der Waals surface area contributed by atoms with Gasteiger partial charge in [-0.3, -0.25) is 0 Å². The highest BCUT2D eigenvalue weighted by atomic mass is 16.4. The minimum Gasteiger partial charge on any atom is -0.478 e. The third kappa shape index (κ3) is 5.17. The molecule has 2 heteroatoms. The van der Waals surface area contributed by atoms with Gasteiger partial charge in [-0.25, -0.2) is 4.79 Å². The van der Waals surface area contributed by atoms with Crippen LogP contribution in [0.3, 0.4) is 0 Å². The van der Waals surface area contributed by atoms with Crippen molar-refractivity contribution in [1.82, 2.24) is 0 Å². The Bertz CT molecular complexity index is 1690. The summed E-state index contributed by atoms with van der Waals surface area (Å²) in [4.78, 5) is 12.4. The molecule has 1 unspecified atom stereocenters. The SMILES string of the molecule is O=C(O)C1=Cc2c3cccc2C1CCCCc1cc(cc2ccccc12)CCC1=CC(=CC1)CCCC1=CCC=C13. The quantitative estimate of drug-likeness (QED) is 0.335. The van der Waals surface area contributed by atoms with E-state index < -0.39 is 5.97 Å². The summed E-state index contributed by atoms with van der Waals surface area (Å²) in [7, 11) is 0. The minimum atomic E-state index is -0.779. The molecule has 7 rings (SSSR count). The van der Waals surface area contributed by atoms with Gasteiger partial charge in [0.15, 0.2) is 0 Å². The normalized spacial score (nSPS) is 20.8. The maximum absolute atomic E-state index is 12.4. The van der Waals surface area contributed by atoms with Crippen molar-refractivity contribution in [2.45, 2.75) is 76.5 Å². The molecule has 41 heavy (non-hydrogen) atoms. The van der Waals surface area contributed by atoms with Gasteiger partial charge in [0.25, 0.3) is 0 Å². The summed E-state index contributed by atoms with van der Waals surface area (Å²) in [5.41, 5.74) is 12.8. The van der Waals surface area contributed by atoms with Gasteiger partial charge in [0.1, 0.15) is 0 Å². The number of carboxylic acid groups (broad SMARTS) is 1. The standard InChI is InChI=1S/C39H38O2/c40-39(41)38-25-37-34-16-7-17-35(37)36(38)14-4-2-10-31-24-28(23-30-9-1-3-13-32(30)31)21-20-27-19-18-26(22-27)8-5-11-29-12-6-15-33(29)34/h1,3,7,9,12-13,15-18,22-25,36H,2,4-6,8,10-11,14,19-21H2,(H,40,41). The summed E-state index contributed by atoms with van der Waals surface area (Å²) in [5.74, 6) is -0.817. The van der Waals surface area contributed by atoms with Crippen LogP contribution in [0.25, 0.3) is 22.4 Å². The first-order valence-electron chi connectivity index (χ1n) is 15.5. The molecular formula is C39H38O2. The summed E-state index contributed by atoms with van der Waals surface area (Å²) >= 11 is 0. The Labute approximate surface area is 243 Å². The van der Waals surface area contributed by atoms with Crippen LogP contribution in [0.4, 0.5) is 0 Å². The second-order valence-corrected chi connectivity index (χ2v) is 12.2. The zero-order valence-electron chi connectivity index (χ0n) is 23.8. The summed E-state index contributed by atoms with van der Waals surface area (Å²) in [6.45, 7) is 0. The molecule has 0 aromatic heterocycles. The van der Waals surface area contributed by atoms with Crippen molar-refractivity contribution >= 4 is 28.4 Å². The topological polar surface area (TPSA) is 37.3 Å². The zero-order valence-corrected chi connectivity index (χ0v) is 23.8. The fourth-order valence-electron chi connectivity index (χ4n) is 7.56. The van der Waals surface area contributed by atoms with Crippen LogP contribution in [-0.2, 0) is 17.6 Å². The number of hydrogen-bond donors (Lipinski definition) is 1. The first kappa shape index (κ1) is 26.0. The van der Waals surface area contributed by atoms with Crippen molar-refractivity contribution in [2.75, 3.05) is 0 Å². The summed E-state index contributed by atoms with van der Waals surface area (Å²) in [5, 5.41) is 12.9. The lowest BCUT2D eigenvalue weighted by molar-refractivity contribution is -0.132. The molecule has 206 valence electrons. The van der Waals surface area contributed by atoms with E-state index in [-0.39, 0.29) is 5.92 Å². The van der Waals surface area contributed by atoms with Crippen LogP contribution in [0.2, 0.25) is 0 Å². The number of benzene rings is 3. The number of aryl methyl sites for hydroxylation is 2. The largest absolute Gasteiger partial charge is 0.478 e. The number of carboxylic acids is 1. The molecule has 0 saturated heterocycles. The van der Waals surface area contributed by atoms with Crippen LogP contribution in [0, 0.1) is 0 Å². The molecule has 0 aliphatic heterocycles. The van der Waals surface area contributed by atoms with Crippen molar-refractivity contribution in [1.29, 1.82) is 0 Å². The molecule has 1 N–H and O–H groups in total. The molecule has 1 atom stereocenters. The monoisotopic (exact) mass is 538 g/mol. The van der Waals surface area contributed by atoms with Gasteiger partial charge in [0.2, 0.25) is 0 Å². The van der Waals surface area contributed by atoms with Crippen LogP contribution in [0.5, 0.6) is 0 Å². The number of hydrogen-bond acceptors (Lipinski definition) is 1. The number of aliphatic carboxylic acids is 1. The first-order chi connectivity index (χ1) is 20.1. The van der Waals surface area contributed by atoms with Gasteiger partial charge < -0.3 is 5.11 Å². The van der Waals surface area contributed by atoms with Gasteiger partial charge >= 0.3 is 5.97 Å². The van der Waals surface area contributed by atoms with Crippen LogP contribution >= 0.6 is 0 Å². The van der Waals surface area contributed by atoms with Gasteiger partial charge in [-0.2, -0.15) is 0 Å². The van der Waals surface area contributed by atoms with E-state index in [4.69, 9.17) is 0 Å². The second-order valence-electron chi connectivity index (χ2n) is 12.2. The Hall–Kier alpha value is -3.91. The minimum absolute atomic E-state index is 0.0379. The van der Waals surface area contributed by atoms with Crippen LogP contribution in [0.1, 0.15) is 91.5 Å². The number of allylic oxidation sites excluding steroid dienone is 8. The van der Waals surface area contributed by atoms with Gasteiger partial charge in [-0.1, -0.05) is 96.5 Å². The van der Waals surface area contributed by atoms with E-state index in [2.05, 4.69) is 78.9 Å². The van der Waals surface area contributed by atoms with Crippen LogP contribution < -0.4 is 0 Å². The van der Waals surface area contributed by atoms with Gasteiger partial charge in [-0.05, 0) is 120 Å². The Morgan fingerprint density at radius 3 is 2.66 bits per heavy atom. The summed E-state index contributed by atoms with van der Waals surface area (Å²) < 4.78 is 0. The van der Waals surface area contributed by atoms with Crippen molar-refractivity contribution in [3.8, 4) is 0 Å². The van der Waals surface area contributed by atoms with Gasteiger partial charge in [0, 0.05) is 11.5 Å². The zero-order chi connectivity index (χ0) is 27.8. The van der Waals surface area contributed by atoms with Crippen molar-refractivity contribution < 1.29 is 9.90 Å². The van der Waals surface area contributed by atoms with E-state index in [1.165, 1.54) is 49.7 Å². The highest BCUT2D eigenvalue weighted by molar-refractivity contribution is 5.99. The van der Waals surface area contributed by atoms with Crippen molar-refractivity contribution in [2.24, 2.45) is 0 Å². The lowest BCUT2D eigenvalue weighted by Crippen LogP contribution is -2.08. The molecule has 4 aliphatic carbocycles. The van der Waals surface area contributed by atoms with E-state index in [0.717, 1.165) is 76.2 Å². The average Bonchev–Trinajstić information content (AvgIpc) is 3.72. The summed E-state index contributed by atoms with van der Waals surface area (Å²) in [6.07, 6.45) is 23.2. The van der Waals surface area contributed by atoms with E-state index in [9.17, 15) is 9.90 Å². The fourth-order valence-corrected chi connectivity index (χ4v) is 7.56. The van der Waals surface area contributed by atoms with E-state index >= 15 is 0 Å². The molecule has 3 aromatic rings. The van der Waals surface area contributed by atoms with Gasteiger partial charge in [0.05, 0.1) is 0 Å². The summed E-state index contributed by atoms with van der Waals surface area (Å²) in [6, 6.07) is 20.1. The molecule has 0 fully saturated rings. The first-order valence-corrected chi connectivity index (χ1v) is 15.5. The molecule has 3 aromatic carbocycles. The highest BCUT2D eigenvalue weighted by Crippen LogP contribution is 2.45. The molecule has 0 saturated carbocycles. The maximum atomic E-state index is 12.4. The fraction of sp³-hybridized carbons (Fsp3) is 0.308. The lowest BCUT2D eigenvalue weighted by Gasteiger charge is -2.17. The van der Waals surface area contributed by atoms with Crippen molar-refractivity contribution in [3.05, 3.63) is 129 Å². The molecular weight excluding hydrogens is 500 g/mol. The van der Waals surface area contributed by atoms with Gasteiger partial charge in [-0.15, -0.1) is 0 Å². The highest BCUT2D eigenvalue weighted by Gasteiger charge is 2.31. The third-order valence-electron chi connectivity index (χ3n) is 9.62. The predicted octanol–water partition coefficient (Wildman–Crippen LogP) is 9.90. The number of carbonyl (C=O) groups is 1. The second kappa shape index (κ2) is 11.2. The molecule has 8 bridgehead atoms. The average molecular weight is 539 g/mol. The van der Waals surface area contributed by atoms with Crippen LogP contribution in [-0.4, -0.2) is 11.1 Å². The lowest BCUT2D eigenvalue weighted by atomic mass is 9.86. The van der Waals surface area contributed by atoms with E-state index in [0.29, 0.717) is 5.57 Å². The Balaban J connectivity index is 1.22. The Morgan fingerprint density at radius 2 is 1.73 bits per heavy atom. The third-order valence-corrected chi connectivity index (χ3v) is 9.62. The predicted molar refractivity (Wildman–Crippen MR) is 170 cm³/mol. The molecule has 0 heterocycles. The van der Waals surface area contributed by atoms with Crippen LogP contribution in [0.15, 0.2) is 101 Å². The molecule has 0 spiro atoms. The van der Waals surface area contributed by atoms with Crippen molar-refractivity contribution in [3.63, 3.8) is 0 Å². The smallest absolute Gasteiger partial charge is 0.332 e. The Morgan fingerprint density at radius 1 is 0.805 bits per heavy atom. The maximum Gasteiger partial charge on any atom is 0.332 e. The van der Waals surface area contributed by atoms with E-state index in [1.54, 1.807) is 5.57 Å². The number of fused-ring (bicyclic) bond motifs is 7. The van der Waals surface area contributed by atoms with E-state index in [1.807, 2.05) is 6.08 Å². The Kier molecular flexibility index (Phi) is 7.08. The molecule has 0 amide bonds. The number of rotatable bonds is 1. The molecule has 0 radical (unpaired) electrons. The molecule has 2 nitrogen and oxygen atoms in total.